The maximum atomic E-state index is 7.83. The molecule has 0 amide bonds. The second-order valence-corrected chi connectivity index (χ2v) is 10.2. The number of benzene rings is 1. The summed E-state index contributed by atoms with van der Waals surface area (Å²) in [4.78, 5) is 13.5. The van der Waals surface area contributed by atoms with Gasteiger partial charge in [-0.2, -0.15) is 0 Å². The summed E-state index contributed by atoms with van der Waals surface area (Å²) < 4.78 is 6.09. The fourth-order valence-corrected chi connectivity index (χ4v) is 5.82. The van der Waals surface area contributed by atoms with Crippen molar-refractivity contribution in [3.8, 4) is 0 Å². The average Bonchev–Trinajstić information content (AvgIpc) is 3.64. The van der Waals surface area contributed by atoms with E-state index in [9.17, 15) is 0 Å². The molecule has 1 aromatic heterocycles. The van der Waals surface area contributed by atoms with Gasteiger partial charge in [0, 0.05) is 36.6 Å². The standard InChI is InChI=1S/C24H30N6O/c1-22(12-23(22)5-6-23)18-4-3-17(11-25)19(9-18)28-20-10-21(27-16-26-20)30-14-24(15-30)13-29(2)7-8-31-24/h3-4,9-11,16,25H,5-8,12-15H2,1-2H3,(H,26,27,28)/t22-/m0/s1. The van der Waals surface area contributed by atoms with Crippen LogP contribution in [0.3, 0.4) is 0 Å². The predicted molar refractivity (Wildman–Crippen MR) is 122 cm³/mol. The lowest BCUT2D eigenvalue weighted by molar-refractivity contribution is -0.117. The first-order valence-electron chi connectivity index (χ1n) is 11.3. The van der Waals surface area contributed by atoms with Crippen LogP contribution < -0.4 is 10.2 Å². The smallest absolute Gasteiger partial charge is 0.135 e. The summed E-state index contributed by atoms with van der Waals surface area (Å²) in [5.74, 6) is 1.67. The van der Waals surface area contributed by atoms with Crippen LogP contribution in [0.1, 0.15) is 37.3 Å². The van der Waals surface area contributed by atoms with Gasteiger partial charge in [0.05, 0.1) is 19.7 Å². The van der Waals surface area contributed by atoms with Crippen molar-refractivity contribution in [3.63, 3.8) is 0 Å². The molecule has 6 rings (SSSR count). The minimum absolute atomic E-state index is 0.0638. The molecule has 2 aliphatic heterocycles. The van der Waals surface area contributed by atoms with E-state index in [-0.39, 0.29) is 5.60 Å². The van der Waals surface area contributed by atoms with Crippen molar-refractivity contribution in [2.75, 3.05) is 50.1 Å². The fourth-order valence-electron chi connectivity index (χ4n) is 5.82. The molecule has 7 nitrogen and oxygen atoms in total. The third-order valence-electron chi connectivity index (χ3n) is 8.07. The number of hydrogen-bond acceptors (Lipinski definition) is 7. The zero-order valence-electron chi connectivity index (χ0n) is 18.3. The Bertz CT molecular complexity index is 1040. The molecule has 2 aliphatic carbocycles. The number of morpholine rings is 1. The first kappa shape index (κ1) is 19.2. The lowest BCUT2D eigenvalue weighted by Gasteiger charge is -2.53. The van der Waals surface area contributed by atoms with Gasteiger partial charge in [-0.05, 0) is 48.8 Å². The predicted octanol–water partition coefficient (Wildman–Crippen LogP) is 3.18. The number of hydrogen-bond donors (Lipinski definition) is 2. The van der Waals surface area contributed by atoms with Crippen molar-refractivity contribution >= 4 is 23.5 Å². The molecule has 2 saturated carbocycles. The van der Waals surface area contributed by atoms with Crippen LogP contribution in [0.4, 0.5) is 17.3 Å². The Morgan fingerprint density at radius 3 is 2.71 bits per heavy atom. The van der Waals surface area contributed by atoms with Gasteiger partial charge in [-0.15, -0.1) is 0 Å². The number of ether oxygens (including phenoxy) is 1. The molecule has 2 aromatic rings. The van der Waals surface area contributed by atoms with Crippen LogP contribution in [0.2, 0.25) is 0 Å². The molecule has 1 atom stereocenters. The first-order valence-corrected chi connectivity index (χ1v) is 11.3. The minimum Gasteiger partial charge on any atom is -0.369 e. The van der Waals surface area contributed by atoms with Crippen molar-refractivity contribution in [2.45, 2.75) is 37.2 Å². The highest BCUT2D eigenvalue weighted by molar-refractivity contribution is 5.87. The zero-order valence-corrected chi connectivity index (χ0v) is 18.3. The lowest BCUT2D eigenvalue weighted by atomic mass is 9.92. The molecule has 0 bridgehead atoms. The van der Waals surface area contributed by atoms with Crippen molar-refractivity contribution in [3.05, 3.63) is 41.7 Å². The molecule has 162 valence electrons. The highest BCUT2D eigenvalue weighted by Crippen LogP contribution is 2.78. The number of anilines is 3. The van der Waals surface area contributed by atoms with Crippen LogP contribution in [0, 0.1) is 10.8 Å². The molecule has 0 radical (unpaired) electrons. The molecule has 4 fully saturated rings. The van der Waals surface area contributed by atoms with Crippen LogP contribution in [0.15, 0.2) is 30.6 Å². The Hall–Kier alpha value is -2.51. The van der Waals surface area contributed by atoms with E-state index in [4.69, 9.17) is 10.1 Å². The van der Waals surface area contributed by atoms with Crippen LogP contribution in [0.25, 0.3) is 0 Å². The summed E-state index contributed by atoms with van der Waals surface area (Å²) in [6.07, 6.45) is 7.02. The number of rotatable bonds is 5. The van der Waals surface area contributed by atoms with Gasteiger partial charge in [0.1, 0.15) is 23.6 Å². The van der Waals surface area contributed by atoms with Gasteiger partial charge in [0.25, 0.3) is 0 Å². The van der Waals surface area contributed by atoms with Gasteiger partial charge in [0.2, 0.25) is 0 Å². The summed E-state index contributed by atoms with van der Waals surface area (Å²) in [6, 6.07) is 8.48. The summed E-state index contributed by atoms with van der Waals surface area (Å²) >= 11 is 0. The normalized spacial score (nSPS) is 27.7. The molecular formula is C24H30N6O. The summed E-state index contributed by atoms with van der Waals surface area (Å²) in [5, 5.41) is 11.3. The number of nitrogens with zero attached hydrogens (tertiary/aromatic N) is 4. The Morgan fingerprint density at radius 1 is 1.16 bits per heavy atom. The van der Waals surface area contributed by atoms with Crippen molar-refractivity contribution in [1.82, 2.24) is 14.9 Å². The Labute approximate surface area is 183 Å². The van der Waals surface area contributed by atoms with E-state index in [0.29, 0.717) is 10.8 Å². The van der Waals surface area contributed by atoms with E-state index < -0.39 is 0 Å². The van der Waals surface area contributed by atoms with Gasteiger partial charge >= 0.3 is 0 Å². The van der Waals surface area contributed by atoms with Gasteiger partial charge in [-0.1, -0.05) is 19.1 Å². The van der Waals surface area contributed by atoms with Gasteiger partial charge < -0.3 is 25.3 Å². The first-order chi connectivity index (χ1) is 14.9. The highest BCUT2D eigenvalue weighted by atomic mass is 16.5. The van der Waals surface area contributed by atoms with E-state index in [0.717, 1.165) is 55.7 Å². The molecule has 2 spiro atoms. The average molecular weight is 419 g/mol. The van der Waals surface area contributed by atoms with Gasteiger partial charge in [-0.3, -0.25) is 0 Å². The van der Waals surface area contributed by atoms with Gasteiger partial charge in [-0.25, -0.2) is 9.97 Å². The molecule has 7 heteroatoms. The summed E-state index contributed by atoms with van der Waals surface area (Å²) in [5.41, 5.74) is 3.97. The highest BCUT2D eigenvalue weighted by Gasteiger charge is 2.71. The lowest BCUT2D eigenvalue weighted by Crippen LogP contribution is -2.70. The largest absolute Gasteiger partial charge is 0.369 e. The van der Waals surface area contributed by atoms with E-state index in [1.165, 1.54) is 31.0 Å². The van der Waals surface area contributed by atoms with Crippen LogP contribution >= 0.6 is 0 Å². The van der Waals surface area contributed by atoms with E-state index in [1.54, 1.807) is 6.33 Å². The minimum atomic E-state index is -0.0638. The summed E-state index contributed by atoms with van der Waals surface area (Å²) in [7, 11) is 2.15. The second-order valence-electron chi connectivity index (χ2n) is 10.2. The molecule has 2 N–H and O–H groups in total. The molecule has 0 unspecified atom stereocenters. The monoisotopic (exact) mass is 418 g/mol. The van der Waals surface area contributed by atoms with Crippen LogP contribution in [-0.2, 0) is 10.2 Å². The van der Waals surface area contributed by atoms with E-state index in [1.807, 2.05) is 6.07 Å². The van der Waals surface area contributed by atoms with E-state index in [2.05, 4.69) is 57.3 Å². The molecule has 31 heavy (non-hydrogen) atoms. The molecule has 2 saturated heterocycles. The third-order valence-corrected chi connectivity index (χ3v) is 8.07. The van der Waals surface area contributed by atoms with Crippen LogP contribution in [0.5, 0.6) is 0 Å². The number of likely N-dealkylation sites (N-methyl/N-ethyl adjacent to an activating group) is 1. The van der Waals surface area contributed by atoms with Crippen LogP contribution in [-0.4, -0.2) is 66.5 Å². The van der Waals surface area contributed by atoms with Crippen molar-refractivity contribution in [1.29, 1.82) is 5.41 Å². The third kappa shape index (κ3) is 3.05. The fraction of sp³-hybridized carbons (Fsp3) is 0.542. The maximum Gasteiger partial charge on any atom is 0.135 e. The Kier molecular flexibility index (Phi) is 4.02. The number of aromatic nitrogens is 2. The Morgan fingerprint density at radius 2 is 2.00 bits per heavy atom. The molecule has 3 heterocycles. The van der Waals surface area contributed by atoms with Crippen molar-refractivity contribution < 1.29 is 4.74 Å². The summed E-state index contributed by atoms with van der Waals surface area (Å²) in [6.45, 7) is 6.86. The maximum absolute atomic E-state index is 7.83. The van der Waals surface area contributed by atoms with E-state index >= 15 is 0 Å². The Balaban J connectivity index is 1.21. The van der Waals surface area contributed by atoms with Crippen molar-refractivity contribution in [2.24, 2.45) is 5.41 Å². The topological polar surface area (TPSA) is 77.4 Å². The SMILES string of the molecule is CN1CCOC2(C1)CN(c1cc(Nc3cc([C@]4(C)CC45CC5)ccc3C=N)ncn1)C2. The second kappa shape index (κ2) is 6.50. The number of nitrogens with one attached hydrogen (secondary N) is 2. The molecular weight excluding hydrogens is 388 g/mol. The van der Waals surface area contributed by atoms with Gasteiger partial charge in [0.15, 0.2) is 0 Å². The zero-order chi connectivity index (χ0) is 21.3. The molecule has 1 aromatic carbocycles. The molecule has 4 aliphatic rings. The quantitative estimate of drug-likeness (QED) is 0.727.